The highest BCUT2D eigenvalue weighted by Gasteiger charge is 2.17. The number of nitrogens with two attached hydrogens (primary N) is 1. The van der Waals surface area contributed by atoms with E-state index in [2.05, 4.69) is 18.2 Å². The zero-order valence-electron chi connectivity index (χ0n) is 9.32. The van der Waals surface area contributed by atoms with Gasteiger partial charge in [-0.25, -0.2) is 0 Å². The molecular formula is C14H16N2. The minimum absolute atomic E-state index is 0.636. The zero-order valence-corrected chi connectivity index (χ0v) is 9.32. The van der Waals surface area contributed by atoms with E-state index in [1.807, 2.05) is 12.1 Å². The lowest BCUT2D eigenvalue weighted by molar-refractivity contribution is 0.516. The molecule has 0 aliphatic heterocycles. The molecule has 82 valence electrons. The van der Waals surface area contributed by atoms with Gasteiger partial charge in [0.15, 0.2) is 0 Å². The number of hydrogen-bond acceptors (Lipinski definition) is 2. The largest absolute Gasteiger partial charge is 0.405 e. The van der Waals surface area contributed by atoms with Crippen molar-refractivity contribution in [2.75, 3.05) is 0 Å². The summed E-state index contributed by atoms with van der Waals surface area (Å²) in [4.78, 5) is 0. The van der Waals surface area contributed by atoms with Crippen molar-refractivity contribution in [3.63, 3.8) is 0 Å². The molecule has 16 heavy (non-hydrogen) atoms. The van der Waals surface area contributed by atoms with Crippen molar-refractivity contribution in [3.05, 3.63) is 47.2 Å². The average Bonchev–Trinajstić information content (AvgIpc) is 2.39. The van der Waals surface area contributed by atoms with Gasteiger partial charge >= 0.3 is 0 Å². The predicted octanol–water partition coefficient (Wildman–Crippen LogP) is 3.06. The normalized spacial score (nSPS) is 20.2. The highest BCUT2D eigenvalue weighted by molar-refractivity contribution is 5.33. The van der Waals surface area contributed by atoms with Crippen LogP contribution in [-0.2, 0) is 0 Å². The second-order valence-electron chi connectivity index (χ2n) is 4.33. The van der Waals surface area contributed by atoms with Gasteiger partial charge in [-0.1, -0.05) is 17.7 Å². The Balaban J connectivity index is 2.06. The van der Waals surface area contributed by atoms with Crippen LogP contribution in [0, 0.1) is 11.3 Å². The van der Waals surface area contributed by atoms with Gasteiger partial charge in [0.2, 0.25) is 0 Å². The van der Waals surface area contributed by atoms with Crippen molar-refractivity contribution < 1.29 is 0 Å². The lowest BCUT2D eigenvalue weighted by Gasteiger charge is -2.23. The Kier molecular flexibility index (Phi) is 3.26. The van der Waals surface area contributed by atoms with E-state index in [0.717, 1.165) is 18.4 Å². The first kappa shape index (κ1) is 10.8. The van der Waals surface area contributed by atoms with Crippen molar-refractivity contribution in [2.24, 2.45) is 5.73 Å². The quantitative estimate of drug-likeness (QED) is 0.777. The molecule has 0 unspecified atom stereocenters. The molecule has 1 aromatic rings. The molecule has 1 aromatic carbocycles. The lowest BCUT2D eigenvalue weighted by Crippen LogP contribution is -2.07. The van der Waals surface area contributed by atoms with Gasteiger partial charge in [0.25, 0.3) is 0 Å². The van der Waals surface area contributed by atoms with Crippen LogP contribution in [0.3, 0.4) is 0 Å². The van der Waals surface area contributed by atoms with Crippen LogP contribution in [0.2, 0.25) is 0 Å². The van der Waals surface area contributed by atoms with Crippen LogP contribution in [0.25, 0.3) is 0 Å². The summed E-state index contributed by atoms with van der Waals surface area (Å²) in [5.41, 5.74) is 9.00. The highest BCUT2D eigenvalue weighted by atomic mass is 14.5. The van der Waals surface area contributed by atoms with Gasteiger partial charge in [0.1, 0.15) is 0 Å². The van der Waals surface area contributed by atoms with Crippen LogP contribution in [0.4, 0.5) is 0 Å². The van der Waals surface area contributed by atoms with Crippen molar-refractivity contribution in [1.29, 1.82) is 5.26 Å². The standard InChI is InChI=1S/C14H16N2/c15-9-11-1-5-13(6-2-11)14-7-3-12(10-16)4-8-14/h1-2,5-6,10,14H,3-4,7-8,16H2. The molecule has 0 atom stereocenters. The van der Waals surface area contributed by atoms with Crippen LogP contribution >= 0.6 is 0 Å². The van der Waals surface area contributed by atoms with E-state index >= 15 is 0 Å². The summed E-state index contributed by atoms with van der Waals surface area (Å²) >= 11 is 0. The zero-order chi connectivity index (χ0) is 11.4. The Morgan fingerprint density at radius 1 is 1.19 bits per heavy atom. The number of allylic oxidation sites excluding steroid dienone is 1. The third-order valence-corrected chi connectivity index (χ3v) is 3.37. The highest BCUT2D eigenvalue weighted by Crippen LogP contribution is 2.34. The Morgan fingerprint density at radius 3 is 2.31 bits per heavy atom. The van der Waals surface area contributed by atoms with Gasteiger partial charge in [-0.3, -0.25) is 0 Å². The molecule has 0 bridgehead atoms. The van der Waals surface area contributed by atoms with E-state index in [4.69, 9.17) is 11.0 Å². The smallest absolute Gasteiger partial charge is 0.0991 e. The van der Waals surface area contributed by atoms with Gasteiger partial charge in [-0.15, -0.1) is 0 Å². The molecule has 0 aromatic heterocycles. The van der Waals surface area contributed by atoms with Crippen LogP contribution in [-0.4, -0.2) is 0 Å². The summed E-state index contributed by atoms with van der Waals surface area (Å²) in [6.45, 7) is 0. The molecule has 2 nitrogen and oxygen atoms in total. The summed E-state index contributed by atoms with van der Waals surface area (Å²) in [5.74, 6) is 0.636. The van der Waals surface area contributed by atoms with Crippen LogP contribution in [0.15, 0.2) is 36.0 Å². The van der Waals surface area contributed by atoms with E-state index in [0.29, 0.717) is 5.92 Å². The van der Waals surface area contributed by atoms with Crippen molar-refractivity contribution in [1.82, 2.24) is 0 Å². The molecule has 0 saturated heterocycles. The number of benzene rings is 1. The monoisotopic (exact) mass is 212 g/mol. The number of rotatable bonds is 1. The van der Waals surface area contributed by atoms with Crippen LogP contribution < -0.4 is 5.73 Å². The molecule has 2 N–H and O–H groups in total. The maximum absolute atomic E-state index is 8.73. The average molecular weight is 212 g/mol. The number of nitrogens with zero attached hydrogens (tertiary/aromatic N) is 1. The Labute approximate surface area is 96.4 Å². The molecule has 1 fully saturated rings. The maximum Gasteiger partial charge on any atom is 0.0991 e. The number of nitriles is 1. The van der Waals surface area contributed by atoms with Crippen molar-refractivity contribution in [3.8, 4) is 6.07 Å². The van der Waals surface area contributed by atoms with Gasteiger partial charge in [-0.05, 0) is 55.5 Å². The fourth-order valence-corrected chi connectivity index (χ4v) is 2.32. The lowest BCUT2D eigenvalue weighted by atomic mass is 9.82. The van der Waals surface area contributed by atoms with Gasteiger partial charge in [0.05, 0.1) is 11.6 Å². The minimum Gasteiger partial charge on any atom is -0.405 e. The third-order valence-electron chi connectivity index (χ3n) is 3.37. The third kappa shape index (κ3) is 2.25. The second-order valence-corrected chi connectivity index (χ2v) is 4.33. The summed E-state index contributed by atoms with van der Waals surface area (Å²) in [6, 6.07) is 10.1. The van der Waals surface area contributed by atoms with E-state index in [1.165, 1.54) is 24.0 Å². The Hall–Kier alpha value is -1.75. The van der Waals surface area contributed by atoms with Crippen molar-refractivity contribution in [2.45, 2.75) is 31.6 Å². The first-order valence-corrected chi connectivity index (χ1v) is 5.73. The number of hydrogen-bond donors (Lipinski definition) is 1. The molecular weight excluding hydrogens is 196 g/mol. The van der Waals surface area contributed by atoms with Crippen LogP contribution in [0.5, 0.6) is 0 Å². The predicted molar refractivity (Wildman–Crippen MR) is 64.6 cm³/mol. The Bertz CT molecular complexity index is 413. The summed E-state index contributed by atoms with van der Waals surface area (Å²) in [7, 11) is 0. The minimum atomic E-state index is 0.636. The summed E-state index contributed by atoms with van der Waals surface area (Å²) in [5, 5.41) is 8.73. The second kappa shape index (κ2) is 4.85. The van der Waals surface area contributed by atoms with E-state index < -0.39 is 0 Å². The van der Waals surface area contributed by atoms with Gasteiger partial charge < -0.3 is 5.73 Å². The molecule has 0 radical (unpaired) electrons. The molecule has 1 aliphatic rings. The molecule has 2 rings (SSSR count). The molecule has 2 heteroatoms. The molecule has 0 spiro atoms. The fourth-order valence-electron chi connectivity index (χ4n) is 2.32. The topological polar surface area (TPSA) is 49.8 Å². The maximum atomic E-state index is 8.73. The Morgan fingerprint density at radius 2 is 1.81 bits per heavy atom. The summed E-state index contributed by atoms with van der Waals surface area (Å²) < 4.78 is 0. The van der Waals surface area contributed by atoms with E-state index in [9.17, 15) is 0 Å². The first-order valence-electron chi connectivity index (χ1n) is 5.73. The van der Waals surface area contributed by atoms with Crippen molar-refractivity contribution >= 4 is 0 Å². The fraction of sp³-hybridized carbons (Fsp3) is 0.357. The van der Waals surface area contributed by atoms with E-state index in [-0.39, 0.29) is 0 Å². The summed E-state index contributed by atoms with van der Waals surface area (Å²) in [6.07, 6.45) is 6.33. The molecule has 0 amide bonds. The molecule has 0 heterocycles. The molecule has 1 aliphatic carbocycles. The van der Waals surface area contributed by atoms with Gasteiger partial charge in [0, 0.05) is 0 Å². The van der Waals surface area contributed by atoms with E-state index in [1.54, 1.807) is 6.20 Å². The SMILES string of the molecule is N#Cc1ccc(C2CCC(=CN)CC2)cc1. The van der Waals surface area contributed by atoms with Gasteiger partial charge in [-0.2, -0.15) is 5.26 Å². The van der Waals surface area contributed by atoms with Crippen LogP contribution in [0.1, 0.15) is 42.7 Å². The molecule has 1 saturated carbocycles. The first-order chi connectivity index (χ1) is 7.83.